The lowest BCUT2D eigenvalue weighted by Crippen LogP contribution is -2.35. The van der Waals surface area contributed by atoms with E-state index in [0.717, 1.165) is 16.8 Å². The Morgan fingerprint density at radius 1 is 1.07 bits per heavy atom. The zero-order valence-electron chi connectivity index (χ0n) is 16.7. The van der Waals surface area contributed by atoms with E-state index in [1.54, 1.807) is 18.2 Å². The number of nitrogens with zero attached hydrogens (tertiary/aromatic N) is 2. The van der Waals surface area contributed by atoms with Gasteiger partial charge < -0.3 is 25.0 Å². The smallest absolute Gasteiger partial charge is 0.322 e. The fourth-order valence-corrected chi connectivity index (χ4v) is 3.10. The molecule has 0 aliphatic carbocycles. The number of hydrogen-bond donors (Lipinski definition) is 3. The number of nitrogens with one attached hydrogen (secondary N) is 1. The fraction of sp³-hybridized carbons (Fsp3) is 0.190. The zero-order valence-corrected chi connectivity index (χ0v) is 17.5. The summed E-state index contributed by atoms with van der Waals surface area (Å²) < 4.78 is 1.27. The van der Waals surface area contributed by atoms with E-state index in [0.29, 0.717) is 10.9 Å². The van der Waals surface area contributed by atoms with Crippen molar-refractivity contribution in [3.05, 3.63) is 58.4 Å². The molecular weight excluding hydrogens is 410 g/mol. The average Bonchev–Trinajstić information content (AvgIpc) is 2.70. The first-order valence-corrected chi connectivity index (χ1v) is 8.84. The molecule has 0 unspecified atom stereocenters. The molecule has 3 aromatic rings. The fourth-order valence-electron chi connectivity index (χ4n) is 3.10. The molecule has 1 heterocycles. The van der Waals surface area contributed by atoms with Gasteiger partial charge in [-0.3, -0.25) is 14.4 Å². The Bertz CT molecular complexity index is 1170. The van der Waals surface area contributed by atoms with Crippen LogP contribution in [0.2, 0.25) is 0 Å². The first-order chi connectivity index (χ1) is 13.7. The molecule has 8 nitrogen and oxygen atoms in total. The highest BCUT2D eigenvalue weighted by Crippen LogP contribution is 2.31. The number of amides is 1. The van der Waals surface area contributed by atoms with Gasteiger partial charge in [0.1, 0.15) is 17.9 Å². The molecule has 1 aromatic heterocycles. The second-order valence-corrected chi connectivity index (χ2v) is 6.84. The number of aromatic hydroxyl groups is 1. The number of carbonyl (C=O) groups is 2. The number of benzene rings is 2. The summed E-state index contributed by atoms with van der Waals surface area (Å²) in [5.74, 6) is -2.66. The highest BCUT2D eigenvalue weighted by molar-refractivity contribution is 6.03. The lowest BCUT2D eigenvalue weighted by Gasteiger charge is -2.14. The number of carboxylic acids is 1. The topological polar surface area (TPSA) is 112 Å². The third-order valence-corrected chi connectivity index (χ3v) is 4.71. The highest BCUT2D eigenvalue weighted by atomic mass is 35.5. The quantitative estimate of drug-likeness (QED) is 0.571. The van der Waals surface area contributed by atoms with E-state index in [2.05, 4.69) is 5.32 Å². The van der Waals surface area contributed by atoms with Crippen LogP contribution in [0, 0.1) is 0 Å². The van der Waals surface area contributed by atoms with Gasteiger partial charge in [0.25, 0.3) is 11.5 Å². The number of pyridine rings is 1. The summed E-state index contributed by atoms with van der Waals surface area (Å²) in [6.07, 6.45) is 0. The first kappa shape index (κ1) is 22.8. The van der Waals surface area contributed by atoms with Gasteiger partial charge in [-0.2, -0.15) is 0 Å². The van der Waals surface area contributed by atoms with Crippen LogP contribution in [0.15, 0.2) is 47.3 Å². The molecule has 3 N–H and O–H groups in total. The molecule has 0 fully saturated rings. The van der Waals surface area contributed by atoms with Gasteiger partial charge in [-0.15, -0.1) is 12.4 Å². The van der Waals surface area contributed by atoms with Crippen molar-refractivity contribution in [2.75, 3.05) is 25.5 Å². The summed E-state index contributed by atoms with van der Waals surface area (Å²) in [5.41, 5.74) is 2.10. The monoisotopic (exact) mass is 431 g/mol. The molecule has 0 saturated heterocycles. The van der Waals surface area contributed by atoms with Crippen molar-refractivity contribution in [1.82, 2.24) is 9.88 Å². The molecule has 0 aliphatic heterocycles. The van der Waals surface area contributed by atoms with E-state index in [9.17, 15) is 19.5 Å². The van der Waals surface area contributed by atoms with Crippen LogP contribution in [0.25, 0.3) is 22.0 Å². The molecule has 0 atom stereocenters. The average molecular weight is 432 g/mol. The summed E-state index contributed by atoms with van der Waals surface area (Å²) in [6, 6.07) is 13.1. The van der Waals surface area contributed by atoms with Crippen LogP contribution in [0.1, 0.15) is 10.4 Å². The Labute approximate surface area is 178 Å². The molecule has 0 bridgehead atoms. The maximum absolute atomic E-state index is 12.6. The molecule has 0 aliphatic rings. The minimum atomic E-state index is -1.25. The van der Waals surface area contributed by atoms with Crippen LogP contribution in [0.4, 0.5) is 5.69 Å². The molecule has 158 valence electrons. The van der Waals surface area contributed by atoms with Crippen LogP contribution < -0.4 is 15.8 Å². The van der Waals surface area contributed by atoms with Gasteiger partial charge in [0.2, 0.25) is 0 Å². The van der Waals surface area contributed by atoms with Crippen LogP contribution in [-0.4, -0.2) is 47.3 Å². The van der Waals surface area contributed by atoms with Crippen molar-refractivity contribution in [3.63, 3.8) is 0 Å². The van der Waals surface area contributed by atoms with Gasteiger partial charge in [0.15, 0.2) is 0 Å². The van der Waals surface area contributed by atoms with Crippen molar-refractivity contribution >= 4 is 40.9 Å². The Balaban J connectivity index is 0.00000320. The van der Waals surface area contributed by atoms with E-state index in [4.69, 9.17) is 5.11 Å². The van der Waals surface area contributed by atoms with Gasteiger partial charge in [-0.25, -0.2) is 0 Å². The van der Waals surface area contributed by atoms with Gasteiger partial charge in [0.05, 0.1) is 5.52 Å². The summed E-state index contributed by atoms with van der Waals surface area (Å²) >= 11 is 0. The predicted molar refractivity (Wildman–Crippen MR) is 118 cm³/mol. The van der Waals surface area contributed by atoms with E-state index < -0.39 is 35.3 Å². The minimum absolute atomic E-state index is 0. The second-order valence-electron chi connectivity index (χ2n) is 6.84. The minimum Gasteiger partial charge on any atom is -0.506 e. The molecule has 0 radical (unpaired) electrons. The number of hydrogen-bond acceptors (Lipinski definition) is 5. The molecule has 2 aromatic carbocycles. The van der Waals surface area contributed by atoms with Crippen molar-refractivity contribution in [2.45, 2.75) is 0 Å². The number of halogens is 1. The van der Waals surface area contributed by atoms with Crippen LogP contribution in [-0.2, 0) is 11.8 Å². The van der Waals surface area contributed by atoms with E-state index in [1.165, 1.54) is 11.6 Å². The van der Waals surface area contributed by atoms with Gasteiger partial charge in [0, 0.05) is 32.2 Å². The standard InChI is InChI=1S/C21H21N3O5.ClH/c1-23(2)14-7-4-12(5-8-14)13-6-9-15-16(10-13)24(3)21(29)18(19(15)27)20(28)22-11-17(25)26;/h4-10,27H,11H2,1-3H3,(H,22,28)(H,25,26);1H. The molecule has 3 rings (SSSR count). The van der Waals surface area contributed by atoms with E-state index in [-0.39, 0.29) is 12.4 Å². The Hall–Kier alpha value is -3.52. The Morgan fingerprint density at radius 2 is 1.67 bits per heavy atom. The largest absolute Gasteiger partial charge is 0.506 e. The lowest BCUT2D eigenvalue weighted by molar-refractivity contribution is -0.135. The zero-order chi connectivity index (χ0) is 21.3. The number of carbonyl (C=O) groups excluding carboxylic acids is 1. The number of aromatic nitrogens is 1. The van der Waals surface area contributed by atoms with E-state index >= 15 is 0 Å². The number of anilines is 1. The van der Waals surface area contributed by atoms with Crippen molar-refractivity contribution in [1.29, 1.82) is 0 Å². The van der Waals surface area contributed by atoms with Gasteiger partial charge in [-0.1, -0.05) is 18.2 Å². The first-order valence-electron chi connectivity index (χ1n) is 8.84. The third-order valence-electron chi connectivity index (χ3n) is 4.71. The molecule has 0 spiro atoms. The number of carboxylic acid groups (broad SMARTS) is 1. The normalized spacial score (nSPS) is 10.4. The third kappa shape index (κ3) is 4.23. The maximum Gasteiger partial charge on any atom is 0.322 e. The molecular formula is C21H22ClN3O5. The predicted octanol–water partition coefficient (Wildman–Crippen LogP) is 2.21. The Kier molecular flexibility index (Phi) is 6.73. The number of aliphatic carboxylic acids is 1. The summed E-state index contributed by atoms with van der Waals surface area (Å²) in [4.78, 5) is 37.5. The highest BCUT2D eigenvalue weighted by Gasteiger charge is 2.21. The number of fused-ring (bicyclic) bond motifs is 1. The van der Waals surface area contributed by atoms with Gasteiger partial charge in [-0.05, 0) is 35.4 Å². The molecule has 30 heavy (non-hydrogen) atoms. The molecule has 1 amide bonds. The van der Waals surface area contributed by atoms with Crippen LogP contribution in [0.5, 0.6) is 5.75 Å². The van der Waals surface area contributed by atoms with Gasteiger partial charge >= 0.3 is 5.97 Å². The second kappa shape index (κ2) is 8.87. The Morgan fingerprint density at radius 3 is 2.23 bits per heavy atom. The maximum atomic E-state index is 12.6. The summed E-state index contributed by atoms with van der Waals surface area (Å²) in [5, 5.41) is 21.6. The summed E-state index contributed by atoms with van der Waals surface area (Å²) in [6.45, 7) is -0.651. The number of rotatable bonds is 5. The van der Waals surface area contributed by atoms with Crippen molar-refractivity contribution < 1.29 is 19.8 Å². The molecule has 0 saturated carbocycles. The number of aryl methyl sites for hydroxylation is 1. The van der Waals surface area contributed by atoms with Crippen LogP contribution >= 0.6 is 12.4 Å². The SMILES string of the molecule is CN(C)c1ccc(-c2ccc3c(O)c(C(=O)NCC(=O)O)c(=O)n(C)c3c2)cc1.Cl. The lowest BCUT2D eigenvalue weighted by atomic mass is 10.0. The summed E-state index contributed by atoms with van der Waals surface area (Å²) in [7, 11) is 5.40. The van der Waals surface area contributed by atoms with Crippen molar-refractivity contribution in [3.8, 4) is 16.9 Å². The van der Waals surface area contributed by atoms with E-state index in [1.807, 2.05) is 43.3 Å². The van der Waals surface area contributed by atoms with Crippen LogP contribution in [0.3, 0.4) is 0 Å². The van der Waals surface area contributed by atoms with Crippen molar-refractivity contribution in [2.24, 2.45) is 7.05 Å². The molecule has 9 heteroatoms.